The summed E-state index contributed by atoms with van der Waals surface area (Å²) in [6.07, 6.45) is 2.49. The molecule has 0 spiro atoms. The molecule has 0 unspecified atom stereocenters. The number of nitrogens with zero attached hydrogens (tertiary/aromatic N) is 1. The van der Waals surface area contributed by atoms with Crippen LogP contribution in [0.15, 0.2) is 12.3 Å². The number of amides is 1. The molecule has 0 aliphatic rings. The summed E-state index contributed by atoms with van der Waals surface area (Å²) in [6, 6.07) is 1.61. The number of hydrogen-bond donors (Lipinski definition) is 2. The van der Waals surface area contributed by atoms with E-state index in [9.17, 15) is 4.79 Å². The molecule has 6 heteroatoms. The third-order valence-electron chi connectivity index (χ3n) is 2.24. The first-order chi connectivity index (χ1) is 8.69. The van der Waals surface area contributed by atoms with Gasteiger partial charge in [0.25, 0.3) is 5.91 Å². The highest BCUT2D eigenvalue weighted by Crippen LogP contribution is 2.19. The van der Waals surface area contributed by atoms with Gasteiger partial charge in [-0.25, -0.2) is 4.98 Å². The minimum atomic E-state index is -0.205. The Hall–Kier alpha value is -1.33. The van der Waals surface area contributed by atoms with E-state index < -0.39 is 0 Å². The number of nitrogens with one attached hydrogen (secondary N) is 2. The zero-order valence-corrected chi connectivity index (χ0v) is 11.4. The van der Waals surface area contributed by atoms with Crippen molar-refractivity contribution >= 4 is 23.3 Å². The van der Waals surface area contributed by atoms with E-state index in [1.807, 2.05) is 0 Å². The number of carbonyl (C=O) groups excluding carboxylic acids is 1. The predicted molar refractivity (Wildman–Crippen MR) is 72.2 cm³/mol. The number of aromatic nitrogens is 1. The maximum Gasteiger partial charge on any atom is 0.252 e. The van der Waals surface area contributed by atoms with Crippen LogP contribution in [0.4, 0.5) is 5.82 Å². The average molecular weight is 272 g/mol. The summed E-state index contributed by atoms with van der Waals surface area (Å²) in [6.45, 7) is 3.79. The second-order valence-corrected chi connectivity index (χ2v) is 4.14. The highest BCUT2D eigenvalue weighted by atomic mass is 35.5. The Morgan fingerprint density at radius 3 is 2.89 bits per heavy atom. The molecule has 1 aromatic heterocycles. The van der Waals surface area contributed by atoms with Gasteiger partial charge in [0.15, 0.2) is 0 Å². The minimum absolute atomic E-state index is 0.205. The topological polar surface area (TPSA) is 63.2 Å². The van der Waals surface area contributed by atoms with Crippen LogP contribution in [0.3, 0.4) is 0 Å². The molecule has 0 bridgehead atoms. The number of rotatable bonds is 7. The van der Waals surface area contributed by atoms with Crippen LogP contribution in [0.5, 0.6) is 0 Å². The fourth-order valence-electron chi connectivity index (χ4n) is 1.30. The molecule has 0 aromatic carbocycles. The molecule has 0 saturated carbocycles. The van der Waals surface area contributed by atoms with Crippen LogP contribution in [0.2, 0.25) is 5.02 Å². The van der Waals surface area contributed by atoms with Gasteiger partial charge in [0.05, 0.1) is 17.2 Å². The van der Waals surface area contributed by atoms with Crippen molar-refractivity contribution in [2.24, 2.45) is 0 Å². The van der Waals surface area contributed by atoms with Crippen molar-refractivity contribution in [3.8, 4) is 0 Å². The molecular formula is C12H18ClN3O2. The molecule has 18 heavy (non-hydrogen) atoms. The van der Waals surface area contributed by atoms with E-state index in [1.54, 1.807) is 13.2 Å². The lowest BCUT2D eigenvalue weighted by Crippen LogP contribution is -2.27. The van der Waals surface area contributed by atoms with Gasteiger partial charge in [0.2, 0.25) is 0 Å². The Balaban J connectivity index is 2.62. The number of hydrogen-bond acceptors (Lipinski definition) is 4. The van der Waals surface area contributed by atoms with Crippen molar-refractivity contribution in [1.82, 2.24) is 10.3 Å². The zero-order chi connectivity index (χ0) is 13.4. The Kier molecular flexibility index (Phi) is 6.46. The van der Waals surface area contributed by atoms with Gasteiger partial charge in [-0.05, 0) is 12.5 Å². The predicted octanol–water partition coefficient (Wildman–Crippen LogP) is 1.93. The number of carbonyl (C=O) groups is 1. The van der Waals surface area contributed by atoms with Crippen LogP contribution in [-0.2, 0) is 4.74 Å². The van der Waals surface area contributed by atoms with Gasteiger partial charge in [-0.3, -0.25) is 4.79 Å². The lowest BCUT2D eigenvalue weighted by Gasteiger charge is -2.08. The number of ether oxygens (including phenoxy) is 1. The van der Waals surface area contributed by atoms with Gasteiger partial charge < -0.3 is 15.4 Å². The Bertz CT molecular complexity index is 399. The van der Waals surface area contributed by atoms with Gasteiger partial charge in [0.1, 0.15) is 5.82 Å². The van der Waals surface area contributed by atoms with Gasteiger partial charge in [-0.2, -0.15) is 0 Å². The second kappa shape index (κ2) is 7.89. The van der Waals surface area contributed by atoms with E-state index in [1.165, 1.54) is 6.20 Å². The van der Waals surface area contributed by atoms with E-state index in [0.29, 0.717) is 29.6 Å². The number of methoxy groups -OCH3 is 1. The second-order valence-electron chi connectivity index (χ2n) is 3.73. The molecule has 0 saturated heterocycles. The van der Waals surface area contributed by atoms with Crippen molar-refractivity contribution in [2.45, 2.75) is 13.3 Å². The molecular weight excluding hydrogens is 254 g/mol. The van der Waals surface area contributed by atoms with E-state index in [-0.39, 0.29) is 5.91 Å². The molecule has 0 radical (unpaired) electrons. The van der Waals surface area contributed by atoms with E-state index in [2.05, 4.69) is 22.5 Å². The van der Waals surface area contributed by atoms with Gasteiger partial charge in [0, 0.05) is 26.4 Å². The zero-order valence-electron chi connectivity index (χ0n) is 10.6. The number of anilines is 1. The number of halogens is 1. The smallest absolute Gasteiger partial charge is 0.252 e. The first kappa shape index (κ1) is 14.7. The molecule has 0 fully saturated rings. The van der Waals surface area contributed by atoms with Crippen molar-refractivity contribution in [1.29, 1.82) is 0 Å². The summed E-state index contributed by atoms with van der Waals surface area (Å²) in [5.41, 5.74) is 0.443. The summed E-state index contributed by atoms with van der Waals surface area (Å²) in [7, 11) is 1.58. The summed E-state index contributed by atoms with van der Waals surface area (Å²) in [5, 5.41) is 6.24. The Morgan fingerprint density at radius 2 is 2.28 bits per heavy atom. The quantitative estimate of drug-likeness (QED) is 0.744. The van der Waals surface area contributed by atoms with Crippen molar-refractivity contribution < 1.29 is 9.53 Å². The maximum absolute atomic E-state index is 11.7. The largest absolute Gasteiger partial charge is 0.383 e. The van der Waals surface area contributed by atoms with E-state index >= 15 is 0 Å². The van der Waals surface area contributed by atoms with Crippen molar-refractivity contribution in [2.75, 3.05) is 32.1 Å². The van der Waals surface area contributed by atoms with Gasteiger partial charge >= 0.3 is 0 Å². The first-order valence-corrected chi connectivity index (χ1v) is 6.23. The van der Waals surface area contributed by atoms with Crippen molar-refractivity contribution in [3.05, 3.63) is 22.8 Å². The molecule has 2 N–H and O–H groups in total. The summed E-state index contributed by atoms with van der Waals surface area (Å²) in [4.78, 5) is 15.8. The van der Waals surface area contributed by atoms with Crippen LogP contribution in [0, 0.1) is 0 Å². The standard InChI is InChI=1S/C12H18ClN3O2/c1-3-4-14-11-10(13)7-9(8-16-11)12(17)15-5-6-18-2/h7-8H,3-6H2,1-2H3,(H,14,16)(H,15,17). The molecule has 1 heterocycles. The third kappa shape index (κ3) is 4.50. The average Bonchev–Trinajstić information content (AvgIpc) is 2.37. The molecule has 1 rings (SSSR count). The lowest BCUT2D eigenvalue weighted by atomic mass is 10.2. The molecule has 5 nitrogen and oxygen atoms in total. The lowest BCUT2D eigenvalue weighted by molar-refractivity contribution is 0.0937. The van der Waals surface area contributed by atoms with Crippen LogP contribution in [-0.4, -0.2) is 37.7 Å². The monoisotopic (exact) mass is 271 g/mol. The molecule has 100 valence electrons. The fraction of sp³-hybridized carbons (Fsp3) is 0.500. The van der Waals surface area contributed by atoms with E-state index in [4.69, 9.17) is 16.3 Å². The van der Waals surface area contributed by atoms with Crippen LogP contribution >= 0.6 is 11.6 Å². The van der Waals surface area contributed by atoms with Gasteiger partial charge in [-0.15, -0.1) is 0 Å². The maximum atomic E-state index is 11.7. The van der Waals surface area contributed by atoms with Crippen LogP contribution in [0.25, 0.3) is 0 Å². The number of pyridine rings is 1. The molecule has 0 aliphatic carbocycles. The Morgan fingerprint density at radius 1 is 1.50 bits per heavy atom. The highest BCUT2D eigenvalue weighted by Gasteiger charge is 2.09. The van der Waals surface area contributed by atoms with Crippen LogP contribution in [0.1, 0.15) is 23.7 Å². The molecule has 0 atom stereocenters. The molecule has 1 aromatic rings. The third-order valence-corrected chi connectivity index (χ3v) is 2.53. The van der Waals surface area contributed by atoms with E-state index in [0.717, 1.165) is 13.0 Å². The SMILES string of the molecule is CCCNc1ncc(C(=O)NCCOC)cc1Cl. The van der Waals surface area contributed by atoms with Crippen molar-refractivity contribution in [3.63, 3.8) is 0 Å². The summed E-state index contributed by atoms with van der Waals surface area (Å²) >= 11 is 6.04. The highest BCUT2D eigenvalue weighted by molar-refractivity contribution is 6.33. The fourth-order valence-corrected chi connectivity index (χ4v) is 1.54. The van der Waals surface area contributed by atoms with Crippen LogP contribution < -0.4 is 10.6 Å². The molecule has 0 aliphatic heterocycles. The molecule has 1 amide bonds. The van der Waals surface area contributed by atoms with Gasteiger partial charge in [-0.1, -0.05) is 18.5 Å². The minimum Gasteiger partial charge on any atom is -0.383 e. The summed E-state index contributed by atoms with van der Waals surface area (Å²) < 4.78 is 4.85. The summed E-state index contributed by atoms with van der Waals surface area (Å²) in [5.74, 6) is 0.399. The first-order valence-electron chi connectivity index (χ1n) is 5.85. The Labute approximate surface area is 112 Å². The normalized spacial score (nSPS) is 10.2.